The van der Waals surface area contributed by atoms with Gasteiger partial charge in [-0.1, -0.05) is 51.0 Å². The molecule has 16 heavy (non-hydrogen) atoms. The molecule has 0 radical (unpaired) electrons. The van der Waals surface area contributed by atoms with E-state index in [4.69, 9.17) is 0 Å². The molecule has 1 aromatic rings. The Morgan fingerprint density at radius 1 is 1.06 bits per heavy atom. The predicted molar refractivity (Wildman–Crippen MR) is 69.7 cm³/mol. The molecule has 0 saturated carbocycles. The summed E-state index contributed by atoms with van der Waals surface area (Å²) >= 11 is 0. The average Bonchev–Trinajstić information content (AvgIpc) is 2.57. The molecule has 1 nitrogen and oxygen atoms in total. The van der Waals surface area contributed by atoms with Gasteiger partial charge in [0.1, 0.15) is 0 Å². The molecule has 1 aromatic carbocycles. The van der Waals surface area contributed by atoms with Crippen molar-refractivity contribution < 1.29 is 0 Å². The lowest BCUT2D eigenvalue weighted by Gasteiger charge is -2.17. The summed E-state index contributed by atoms with van der Waals surface area (Å²) in [6, 6.07) is 9.76. The van der Waals surface area contributed by atoms with Crippen molar-refractivity contribution in [2.45, 2.75) is 51.5 Å². The Bertz CT molecular complexity index is 305. The molecule has 1 N–H and O–H groups in total. The van der Waals surface area contributed by atoms with Gasteiger partial charge in [0.05, 0.1) is 0 Å². The third-order valence-electron chi connectivity index (χ3n) is 3.57. The maximum absolute atomic E-state index is 3.65. The van der Waals surface area contributed by atoms with Crippen molar-refractivity contribution in [3.05, 3.63) is 35.4 Å². The van der Waals surface area contributed by atoms with Crippen LogP contribution in [0.25, 0.3) is 0 Å². The van der Waals surface area contributed by atoms with Crippen LogP contribution in [0.2, 0.25) is 0 Å². The van der Waals surface area contributed by atoms with Crippen molar-refractivity contribution in [1.82, 2.24) is 5.32 Å². The van der Waals surface area contributed by atoms with E-state index in [1.54, 1.807) is 0 Å². The van der Waals surface area contributed by atoms with Crippen molar-refractivity contribution in [1.29, 1.82) is 0 Å². The Balaban J connectivity index is 2.07. The van der Waals surface area contributed by atoms with Crippen molar-refractivity contribution in [3.63, 3.8) is 0 Å². The number of hydrogen-bond donors (Lipinski definition) is 1. The smallest absolute Gasteiger partial charge is 0.0320 e. The number of benzene rings is 1. The molecule has 1 aliphatic rings. The van der Waals surface area contributed by atoms with Gasteiger partial charge < -0.3 is 5.32 Å². The molecule has 0 aliphatic carbocycles. The van der Waals surface area contributed by atoms with E-state index >= 15 is 0 Å². The summed E-state index contributed by atoms with van der Waals surface area (Å²) in [7, 11) is 0. The lowest BCUT2D eigenvalue weighted by Crippen LogP contribution is -2.20. The van der Waals surface area contributed by atoms with Crippen LogP contribution >= 0.6 is 0 Å². The molecule has 1 heterocycles. The maximum Gasteiger partial charge on any atom is 0.0320 e. The zero-order chi connectivity index (χ0) is 11.4. The van der Waals surface area contributed by atoms with Crippen molar-refractivity contribution in [3.8, 4) is 0 Å². The van der Waals surface area contributed by atoms with Crippen molar-refractivity contribution in [2.75, 3.05) is 6.54 Å². The van der Waals surface area contributed by atoms with Gasteiger partial charge in [0.2, 0.25) is 0 Å². The fraction of sp³-hybridized carbons (Fsp3) is 0.600. The molecule has 1 heteroatoms. The second-order valence-corrected chi connectivity index (χ2v) is 5.18. The van der Waals surface area contributed by atoms with Gasteiger partial charge in [-0.25, -0.2) is 0 Å². The molecular formula is C15H23N. The highest BCUT2D eigenvalue weighted by Gasteiger charge is 2.13. The van der Waals surface area contributed by atoms with Crippen LogP contribution in [-0.2, 0) is 0 Å². The monoisotopic (exact) mass is 217 g/mol. The molecular weight excluding hydrogens is 194 g/mol. The Morgan fingerprint density at radius 2 is 1.81 bits per heavy atom. The largest absolute Gasteiger partial charge is 0.310 e. The Kier molecular flexibility index (Phi) is 4.00. The normalized spacial score (nSPS) is 22.1. The predicted octanol–water partition coefficient (Wildman–Crippen LogP) is 4.01. The third kappa shape index (κ3) is 2.85. The van der Waals surface area contributed by atoms with Crippen LogP contribution in [0.1, 0.15) is 62.6 Å². The molecule has 1 atom stereocenters. The van der Waals surface area contributed by atoms with Gasteiger partial charge in [0, 0.05) is 6.04 Å². The zero-order valence-corrected chi connectivity index (χ0v) is 10.5. The molecule has 0 spiro atoms. The quantitative estimate of drug-likeness (QED) is 0.789. The molecule has 2 rings (SSSR count). The highest BCUT2D eigenvalue weighted by molar-refractivity contribution is 5.26. The molecule has 0 amide bonds. The lowest BCUT2D eigenvalue weighted by molar-refractivity contribution is 0.534. The first-order valence-corrected chi connectivity index (χ1v) is 6.60. The first kappa shape index (κ1) is 11.7. The maximum atomic E-state index is 3.65. The van der Waals surface area contributed by atoms with E-state index in [0.29, 0.717) is 12.0 Å². The minimum Gasteiger partial charge on any atom is -0.310 e. The van der Waals surface area contributed by atoms with Crippen LogP contribution in [0, 0.1) is 0 Å². The van der Waals surface area contributed by atoms with E-state index in [1.807, 2.05) is 0 Å². The van der Waals surface area contributed by atoms with E-state index in [-0.39, 0.29) is 0 Å². The van der Waals surface area contributed by atoms with Crippen LogP contribution < -0.4 is 5.32 Å². The molecule has 1 saturated heterocycles. The molecule has 1 fully saturated rings. The third-order valence-corrected chi connectivity index (χ3v) is 3.57. The molecule has 1 aliphatic heterocycles. The van der Waals surface area contributed by atoms with E-state index in [9.17, 15) is 0 Å². The van der Waals surface area contributed by atoms with Gasteiger partial charge in [-0.15, -0.1) is 0 Å². The molecule has 0 bridgehead atoms. The number of nitrogens with one attached hydrogen (secondary N) is 1. The van der Waals surface area contributed by atoms with E-state index in [2.05, 4.69) is 43.4 Å². The highest BCUT2D eigenvalue weighted by Crippen LogP contribution is 2.24. The minimum absolute atomic E-state index is 0.587. The summed E-state index contributed by atoms with van der Waals surface area (Å²) in [6.07, 6.45) is 5.37. The topological polar surface area (TPSA) is 12.0 Å². The zero-order valence-electron chi connectivity index (χ0n) is 10.5. The van der Waals surface area contributed by atoms with E-state index in [0.717, 1.165) is 0 Å². The Labute approximate surface area is 99.3 Å². The van der Waals surface area contributed by atoms with Gasteiger partial charge in [-0.2, -0.15) is 0 Å². The fourth-order valence-electron chi connectivity index (χ4n) is 2.43. The first-order valence-electron chi connectivity index (χ1n) is 6.60. The van der Waals surface area contributed by atoms with Gasteiger partial charge in [-0.05, 0) is 36.4 Å². The summed E-state index contributed by atoms with van der Waals surface area (Å²) in [5.41, 5.74) is 2.91. The van der Waals surface area contributed by atoms with Gasteiger partial charge in [-0.3, -0.25) is 0 Å². The first-order chi connectivity index (χ1) is 7.77. The standard InChI is InChI=1S/C15H23N/c1-12(2)13-7-9-14(10-8-13)15-6-4-3-5-11-16-15/h7-10,12,15-16H,3-6,11H2,1-2H3. The van der Waals surface area contributed by atoms with Gasteiger partial charge in [0.15, 0.2) is 0 Å². The molecule has 88 valence electrons. The SMILES string of the molecule is CC(C)c1ccc(C2CCCCCN2)cc1. The fourth-order valence-corrected chi connectivity index (χ4v) is 2.43. The molecule has 0 aromatic heterocycles. The average molecular weight is 217 g/mol. The van der Waals surface area contributed by atoms with Crippen LogP contribution in [0.15, 0.2) is 24.3 Å². The molecule has 1 unspecified atom stereocenters. The Hall–Kier alpha value is -0.820. The highest BCUT2D eigenvalue weighted by atomic mass is 14.9. The summed E-state index contributed by atoms with van der Waals surface area (Å²) in [6.45, 7) is 5.68. The van der Waals surface area contributed by atoms with Crippen molar-refractivity contribution >= 4 is 0 Å². The summed E-state index contributed by atoms with van der Waals surface area (Å²) in [5, 5.41) is 3.65. The van der Waals surface area contributed by atoms with Gasteiger partial charge in [0.25, 0.3) is 0 Å². The number of rotatable bonds is 2. The second-order valence-electron chi connectivity index (χ2n) is 5.18. The van der Waals surface area contributed by atoms with Crippen LogP contribution in [0.5, 0.6) is 0 Å². The minimum atomic E-state index is 0.587. The second kappa shape index (κ2) is 5.49. The van der Waals surface area contributed by atoms with E-state index in [1.165, 1.54) is 43.4 Å². The van der Waals surface area contributed by atoms with Crippen LogP contribution in [0.4, 0.5) is 0 Å². The number of hydrogen-bond acceptors (Lipinski definition) is 1. The van der Waals surface area contributed by atoms with Crippen molar-refractivity contribution in [2.24, 2.45) is 0 Å². The van der Waals surface area contributed by atoms with Crippen LogP contribution in [0.3, 0.4) is 0 Å². The van der Waals surface area contributed by atoms with E-state index < -0.39 is 0 Å². The summed E-state index contributed by atoms with van der Waals surface area (Å²) < 4.78 is 0. The van der Waals surface area contributed by atoms with Crippen LogP contribution in [-0.4, -0.2) is 6.54 Å². The van der Waals surface area contributed by atoms with Gasteiger partial charge >= 0.3 is 0 Å². The summed E-state index contributed by atoms with van der Waals surface area (Å²) in [5.74, 6) is 0.635. The lowest BCUT2D eigenvalue weighted by atomic mass is 9.97. The Morgan fingerprint density at radius 3 is 2.50 bits per heavy atom. The summed E-state index contributed by atoms with van der Waals surface area (Å²) in [4.78, 5) is 0.